The fourth-order valence-corrected chi connectivity index (χ4v) is 2.50. The van der Waals surface area contributed by atoms with Crippen molar-refractivity contribution >= 4 is 0 Å². The van der Waals surface area contributed by atoms with Gasteiger partial charge in [0.05, 0.1) is 5.69 Å². The van der Waals surface area contributed by atoms with E-state index >= 15 is 0 Å². The maximum Gasteiger partial charge on any atom is 0.435 e. The Balaban J connectivity index is 1.79. The summed E-state index contributed by atoms with van der Waals surface area (Å²) in [4.78, 5) is 1.95. The van der Waals surface area contributed by atoms with Crippen LogP contribution in [0.15, 0.2) is 12.3 Å². The number of H-pyrrole nitrogens is 1. The van der Waals surface area contributed by atoms with Gasteiger partial charge in [0.2, 0.25) is 0 Å². The number of fused-ring (bicyclic) bond motifs is 1. The normalized spacial score (nSPS) is 16.4. The lowest BCUT2D eigenvalue weighted by Gasteiger charge is -2.26. The van der Waals surface area contributed by atoms with Crippen LogP contribution in [-0.4, -0.2) is 31.4 Å². The minimum atomic E-state index is -4.40. The molecule has 108 valence electrons. The summed E-state index contributed by atoms with van der Waals surface area (Å²) in [5.41, 5.74) is 0.917. The molecule has 0 saturated heterocycles. The molecule has 0 bridgehead atoms. The van der Waals surface area contributed by atoms with Crippen LogP contribution in [0.25, 0.3) is 0 Å². The number of hydrogen-bond donors (Lipinski definition) is 1. The first-order chi connectivity index (χ1) is 9.43. The molecule has 1 aliphatic rings. The Hall–Kier alpha value is -1.83. The number of nitrogens with zero attached hydrogens (tertiary/aromatic N) is 4. The van der Waals surface area contributed by atoms with E-state index in [1.165, 1.54) is 0 Å². The second-order valence-electron chi connectivity index (χ2n) is 4.97. The molecule has 5 nitrogen and oxygen atoms in total. The Morgan fingerprint density at radius 1 is 1.40 bits per heavy atom. The fraction of sp³-hybridized carbons (Fsp3) is 0.500. The smallest absolute Gasteiger partial charge is 0.293 e. The summed E-state index contributed by atoms with van der Waals surface area (Å²) in [6, 6.07) is 1.87. The molecule has 0 fully saturated rings. The first kappa shape index (κ1) is 13.2. The van der Waals surface area contributed by atoms with Crippen molar-refractivity contribution in [1.29, 1.82) is 0 Å². The maximum absolute atomic E-state index is 12.8. The van der Waals surface area contributed by atoms with E-state index in [0.717, 1.165) is 5.69 Å². The number of aromatic nitrogens is 4. The molecule has 8 heteroatoms. The van der Waals surface area contributed by atoms with Gasteiger partial charge < -0.3 is 0 Å². The zero-order valence-electron chi connectivity index (χ0n) is 10.9. The zero-order chi connectivity index (χ0) is 14.3. The Kier molecular flexibility index (Phi) is 3.04. The van der Waals surface area contributed by atoms with Gasteiger partial charge in [-0.15, -0.1) is 0 Å². The SMILES string of the molecule is Cn1ccc(CN2CCc3[nH]nc(C(F)(F)F)c3C2)n1. The summed E-state index contributed by atoms with van der Waals surface area (Å²) in [6.07, 6.45) is -2.03. The average molecular weight is 285 g/mol. The van der Waals surface area contributed by atoms with Crippen LogP contribution < -0.4 is 0 Å². The fourth-order valence-electron chi connectivity index (χ4n) is 2.50. The molecule has 1 aliphatic heterocycles. The van der Waals surface area contributed by atoms with Gasteiger partial charge >= 0.3 is 6.18 Å². The predicted molar refractivity (Wildman–Crippen MR) is 64.6 cm³/mol. The van der Waals surface area contributed by atoms with E-state index in [2.05, 4.69) is 15.3 Å². The largest absolute Gasteiger partial charge is 0.435 e. The van der Waals surface area contributed by atoms with Crippen LogP contribution in [0.1, 0.15) is 22.6 Å². The van der Waals surface area contributed by atoms with Crippen molar-refractivity contribution in [3.8, 4) is 0 Å². The third-order valence-electron chi connectivity index (χ3n) is 3.44. The summed E-state index contributed by atoms with van der Waals surface area (Å²) in [5, 5.41) is 10.2. The molecule has 0 amide bonds. The van der Waals surface area contributed by atoms with E-state index in [1.54, 1.807) is 4.68 Å². The van der Waals surface area contributed by atoms with Crippen LogP contribution in [0, 0.1) is 0 Å². The third-order valence-corrected chi connectivity index (χ3v) is 3.44. The first-order valence-corrected chi connectivity index (χ1v) is 6.27. The highest BCUT2D eigenvalue weighted by atomic mass is 19.4. The van der Waals surface area contributed by atoms with E-state index < -0.39 is 11.9 Å². The molecule has 20 heavy (non-hydrogen) atoms. The lowest BCUT2D eigenvalue weighted by molar-refractivity contribution is -0.142. The highest BCUT2D eigenvalue weighted by molar-refractivity contribution is 5.29. The third kappa shape index (κ3) is 2.43. The van der Waals surface area contributed by atoms with Gasteiger partial charge in [-0.05, 0) is 6.07 Å². The molecule has 0 atom stereocenters. The molecular weight excluding hydrogens is 271 g/mol. The molecule has 0 aliphatic carbocycles. The molecule has 1 N–H and O–H groups in total. The zero-order valence-corrected chi connectivity index (χ0v) is 10.9. The summed E-state index contributed by atoms with van der Waals surface area (Å²) < 4.78 is 40.2. The lowest BCUT2D eigenvalue weighted by atomic mass is 10.0. The van der Waals surface area contributed by atoms with E-state index in [4.69, 9.17) is 0 Å². The minimum Gasteiger partial charge on any atom is -0.293 e. The van der Waals surface area contributed by atoms with Gasteiger partial charge in [0.15, 0.2) is 5.69 Å². The molecular formula is C12H14F3N5. The van der Waals surface area contributed by atoms with Gasteiger partial charge in [0.25, 0.3) is 0 Å². The molecule has 0 saturated carbocycles. The van der Waals surface area contributed by atoms with Gasteiger partial charge in [-0.2, -0.15) is 23.4 Å². The number of nitrogens with one attached hydrogen (secondary N) is 1. The lowest BCUT2D eigenvalue weighted by Crippen LogP contribution is -2.31. The summed E-state index contributed by atoms with van der Waals surface area (Å²) in [6.45, 7) is 1.49. The molecule has 0 radical (unpaired) electrons. The molecule has 3 rings (SSSR count). The van der Waals surface area contributed by atoms with E-state index in [1.807, 2.05) is 24.2 Å². The topological polar surface area (TPSA) is 49.7 Å². The molecule has 3 heterocycles. The number of hydrogen-bond acceptors (Lipinski definition) is 3. The second kappa shape index (κ2) is 4.62. The molecule has 0 spiro atoms. The van der Waals surface area contributed by atoms with Gasteiger partial charge in [-0.25, -0.2) is 0 Å². The van der Waals surface area contributed by atoms with Crippen LogP contribution in [-0.2, 0) is 32.7 Å². The number of aromatic amines is 1. The molecule has 2 aromatic rings. The number of alkyl halides is 3. The van der Waals surface area contributed by atoms with Gasteiger partial charge in [-0.3, -0.25) is 14.7 Å². The van der Waals surface area contributed by atoms with Crippen molar-refractivity contribution < 1.29 is 13.2 Å². The number of rotatable bonds is 2. The van der Waals surface area contributed by atoms with Gasteiger partial charge in [0.1, 0.15) is 0 Å². The quantitative estimate of drug-likeness (QED) is 0.914. The van der Waals surface area contributed by atoms with E-state index in [0.29, 0.717) is 25.2 Å². The van der Waals surface area contributed by atoms with Gasteiger partial charge in [0, 0.05) is 50.6 Å². The Morgan fingerprint density at radius 3 is 2.85 bits per heavy atom. The Morgan fingerprint density at radius 2 is 2.20 bits per heavy atom. The number of halogens is 3. The highest BCUT2D eigenvalue weighted by Gasteiger charge is 2.39. The molecule has 2 aromatic heterocycles. The van der Waals surface area contributed by atoms with Crippen molar-refractivity contribution in [1.82, 2.24) is 24.9 Å². The van der Waals surface area contributed by atoms with E-state index in [9.17, 15) is 13.2 Å². The van der Waals surface area contributed by atoms with Crippen molar-refractivity contribution in [3.05, 3.63) is 34.9 Å². The molecule has 0 aromatic carbocycles. The van der Waals surface area contributed by atoms with Crippen LogP contribution in [0.4, 0.5) is 13.2 Å². The van der Waals surface area contributed by atoms with Crippen LogP contribution >= 0.6 is 0 Å². The number of aryl methyl sites for hydroxylation is 1. The summed E-state index contributed by atoms with van der Waals surface area (Å²) >= 11 is 0. The van der Waals surface area contributed by atoms with Crippen molar-refractivity contribution in [3.63, 3.8) is 0 Å². The van der Waals surface area contributed by atoms with Crippen molar-refractivity contribution in [2.24, 2.45) is 7.05 Å². The monoisotopic (exact) mass is 285 g/mol. The maximum atomic E-state index is 12.8. The van der Waals surface area contributed by atoms with Crippen LogP contribution in [0.2, 0.25) is 0 Å². The van der Waals surface area contributed by atoms with Crippen LogP contribution in [0.5, 0.6) is 0 Å². The minimum absolute atomic E-state index is 0.247. The highest BCUT2D eigenvalue weighted by Crippen LogP contribution is 2.34. The van der Waals surface area contributed by atoms with E-state index in [-0.39, 0.29) is 12.1 Å². The second-order valence-corrected chi connectivity index (χ2v) is 4.97. The van der Waals surface area contributed by atoms with Crippen molar-refractivity contribution in [2.45, 2.75) is 25.7 Å². The summed E-state index contributed by atoms with van der Waals surface area (Å²) in [5.74, 6) is 0. The summed E-state index contributed by atoms with van der Waals surface area (Å²) in [7, 11) is 1.82. The Bertz CT molecular complexity index is 613. The average Bonchev–Trinajstić information content (AvgIpc) is 2.94. The van der Waals surface area contributed by atoms with Gasteiger partial charge in [-0.1, -0.05) is 0 Å². The van der Waals surface area contributed by atoms with Crippen molar-refractivity contribution in [2.75, 3.05) is 6.54 Å². The standard InChI is InChI=1S/C12H14F3N5/c1-19-4-2-8(18-19)6-20-5-3-10-9(7-20)11(17-16-10)12(13,14)15/h2,4H,3,5-7H2,1H3,(H,16,17). The predicted octanol–water partition coefficient (Wildman–Crippen LogP) is 1.72. The first-order valence-electron chi connectivity index (χ1n) is 6.27. The van der Waals surface area contributed by atoms with Crippen LogP contribution in [0.3, 0.4) is 0 Å². The Labute approximate surface area is 113 Å². The molecule has 0 unspecified atom stereocenters.